The third-order valence-electron chi connectivity index (χ3n) is 6.39. The molecule has 2 aromatic carbocycles. The van der Waals surface area contributed by atoms with E-state index < -0.39 is 11.5 Å². The largest absolute Gasteiger partial charge is 0.433 e. The van der Waals surface area contributed by atoms with Crippen LogP contribution in [0.4, 0.5) is 31.8 Å². The number of halogens is 2. The number of ether oxygens (including phenoxy) is 1. The van der Waals surface area contributed by atoms with E-state index in [4.69, 9.17) is 4.74 Å². The maximum absolute atomic E-state index is 13.5. The second kappa shape index (κ2) is 11.6. The molecule has 0 aliphatic carbocycles. The Morgan fingerprint density at radius 1 is 1.10 bits per heavy atom. The fraction of sp³-hybridized carbons (Fsp3) is 0.296. The summed E-state index contributed by atoms with van der Waals surface area (Å²) in [7, 11) is 6.87. The van der Waals surface area contributed by atoms with E-state index in [1.807, 2.05) is 43.3 Å². The topological polar surface area (TPSA) is 110 Å². The fourth-order valence-corrected chi connectivity index (χ4v) is 4.33. The van der Waals surface area contributed by atoms with Crippen LogP contribution in [-0.4, -0.2) is 78.2 Å². The van der Waals surface area contributed by atoms with Gasteiger partial charge in [0.15, 0.2) is 5.75 Å². The summed E-state index contributed by atoms with van der Waals surface area (Å²) in [5.41, 5.74) is 1.67. The van der Waals surface area contributed by atoms with Crippen molar-refractivity contribution in [3.63, 3.8) is 0 Å². The number of nitro benzene ring substituents is 1. The van der Waals surface area contributed by atoms with Crippen molar-refractivity contribution in [3.05, 3.63) is 65.0 Å². The number of likely N-dealkylation sites (N-methyl/N-ethyl adjacent to an activating group) is 2. The lowest BCUT2D eigenvalue weighted by atomic mass is 10.1. The summed E-state index contributed by atoms with van der Waals surface area (Å²) in [6.07, 6.45) is 3.16. The van der Waals surface area contributed by atoms with Gasteiger partial charge in [0, 0.05) is 69.6 Å². The molecule has 40 heavy (non-hydrogen) atoms. The molecule has 0 radical (unpaired) electrons. The minimum absolute atomic E-state index is 0.0138. The van der Waals surface area contributed by atoms with Crippen LogP contribution in [0.3, 0.4) is 0 Å². The second-order valence-corrected chi connectivity index (χ2v) is 9.42. The molecular weight excluding hydrogens is 524 g/mol. The standard InChI is InChI=1S/C27H29F2N7O4/c1-17(37)35-16-19(18-8-6-7-9-21(18)35)20-10-11-30-27(31-20)34(5)24-14-23(36(38)39)22(15-25(24)40-26(28)29)33(4)13-12-32(2)3/h6-11,14-16,26H,12-13H2,1-5H3. The SMILES string of the molecule is CC(=O)n1cc(-c2ccnc(N(C)c3cc([N+](=O)[O-])c(N(C)CCN(C)C)cc3OC(F)F)n2)c2ccccc21. The van der Waals surface area contributed by atoms with Crippen LogP contribution in [0.2, 0.25) is 0 Å². The Balaban J connectivity index is 1.81. The molecule has 4 rings (SSSR count). The highest BCUT2D eigenvalue weighted by Gasteiger charge is 2.26. The molecule has 0 fully saturated rings. The van der Waals surface area contributed by atoms with Gasteiger partial charge in [0.1, 0.15) is 5.69 Å². The van der Waals surface area contributed by atoms with Crippen LogP contribution in [0.15, 0.2) is 54.9 Å². The Labute approximate surface area is 229 Å². The van der Waals surface area contributed by atoms with E-state index in [0.29, 0.717) is 29.9 Å². The van der Waals surface area contributed by atoms with E-state index in [1.54, 1.807) is 24.2 Å². The Kier molecular flexibility index (Phi) is 8.24. The maximum atomic E-state index is 13.5. The van der Waals surface area contributed by atoms with Crippen molar-refractivity contribution in [3.8, 4) is 17.0 Å². The third-order valence-corrected chi connectivity index (χ3v) is 6.39. The average molecular weight is 554 g/mol. The van der Waals surface area contributed by atoms with E-state index in [2.05, 4.69) is 9.97 Å². The summed E-state index contributed by atoms with van der Waals surface area (Å²) in [5, 5.41) is 12.8. The number of alkyl halides is 2. The van der Waals surface area contributed by atoms with Crippen LogP contribution in [0.1, 0.15) is 11.7 Å². The molecule has 0 bridgehead atoms. The van der Waals surface area contributed by atoms with Gasteiger partial charge in [-0.3, -0.25) is 19.5 Å². The van der Waals surface area contributed by atoms with E-state index in [1.165, 1.54) is 41.8 Å². The second-order valence-electron chi connectivity index (χ2n) is 9.42. The fourth-order valence-electron chi connectivity index (χ4n) is 4.33. The van der Waals surface area contributed by atoms with Crippen LogP contribution in [0.5, 0.6) is 5.75 Å². The first kappa shape index (κ1) is 28.4. The summed E-state index contributed by atoms with van der Waals surface area (Å²) in [6, 6.07) is 11.4. The number of aromatic nitrogens is 3. The van der Waals surface area contributed by atoms with Gasteiger partial charge in [0.2, 0.25) is 11.9 Å². The lowest BCUT2D eigenvalue weighted by Crippen LogP contribution is -2.29. The summed E-state index contributed by atoms with van der Waals surface area (Å²) >= 11 is 0. The van der Waals surface area contributed by atoms with Gasteiger partial charge in [-0.15, -0.1) is 0 Å². The summed E-state index contributed by atoms with van der Waals surface area (Å²) in [4.78, 5) is 37.4. The smallest absolute Gasteiger partial charge is 0.387 e. The highest BCUT2D eigenvalue weighted by atomic mass is 19.3. The minimum Gasteiger partial charge on any atom is -0.433 e. The molecular formula is C27H29F2N7O4. The zero-order valence-corrected chi connectivity index (χ0v) is 22.7. The number of fused-ring (bicyclic) bond motifs is 1. The highest BCUT2D eigenvalue weighted by Crippen LogP contribution is 2.42. The Bertz CT molecular complexity index is 1560. The van der Waals surface area contributed by atoms with Gasteiger partial charge >= 0.3 is 6.61 Å². The van der Waals surface area contributed by atoms with Crippen LogP contribution in [0, 0.1) is 10.1 Å². The molecule has 0 aliphatic heterocycles. The van der Waals surface area contributed by atoms with Gasteiger partial charge < -0.3 is 19.4 Å². The number of rotatable bonds is 10. The van der Waals surface area contributed by atoms with E-state index >= 15 is 0 Å². The number of nitrogens with zero attached hydrogens (tertiary/aromatic N) is 7. The summed E-state index contributed by atoms with van der Waals surface area (Å²) in [6.45, 7) is -0.718. The van der Waals surface area contributed by atoms with Gasteiger partial charge in [0.25, 0.3) is 5.69 Å². The normalized spacial score (nSPS) is 11.3. The van der Waals surface area contributed by atoms with Crippen molar-refractivity contribution < 1.29 is 23.2 Å². The van der Waals surface area contributed by atoms with E-state index in [0.717, 1.165) is 5.39 Å². The molecule has 2 heterocycles. The van der Waals surface area contributed by atoms with E-state index in [9.17, 15) is 23.7 Å². The number of carbonyl (C=O) groups is 1. The van der Waals surface area contributed by atoms with Crippen molar-refractivity contribution in [2.24, 2.45) is 0 Å². The van der Waals surface area contributed by atoms with Crippen molar-refractivity contribution in [2.45, 2.75) is 13.5 Å². The van der Waals surface area contributed by atoms with Gasteiger partial charge in [-0.2, -0.15) is 8.78 Å². The number of carbonyl (C=O) groups excluding carboxylic acids is 1. The monoisotopic (exact) mass is 553 g/mol. The molecule has 4 aromatic rings. The third kappa shape index (κ3) is 5.83. The molecule has 0 unspecified atom stereocenters. The molecule has 0 spiro atoms. The lowest BCUT2D eigenvalue weighted by Gasteiger charge is -2.25. The van der Waals surface area contributed by atoms with Crippen molar-refractivity contribution >= 4 is 39.8 Å². The highest BCUT2D eigenvalue weighted by molar-refractivity contribution is 6.00. The van der Waals surface area contributed by atoms with Gasteiger partial charge in [-0.1, -0.05) is 18.2 Å². The molecule has 0 aliphatic rings. The number of hydrogen-bond acceptors (Lipinski definition) is 9. The Morgan fingerprint density at radius 2 is 1.82 bits per heavy atom. The minimum atomic E-state index is -3.17. The first-order chi connectivity index (χ1) is 19.0. The molecule has 0 saturated heterocycles. The summed E-state index contributed by atoms with van der Waals surface area (Å²) in [5.74, 6) is -0.359. The zero-order chi connectivity index (χ0) is 29.1. The number of para-hydroxylation sites is 1. The maximum Gasteiger partial charge on any atom is 0.387 e. The van der Waals surface area contributed by atoms with Gasteiger partial charge in [-0.25, -0.2) is 9.97 Å². The molecule has 0 saturated carbocycles. The molecule has 2 aromatic heterocycles. The average Bonchev–Trinajstić information content (AvgIpc) is 3.31. The zero-order valence-electron chi connectivity index (χ0n) is 22.7. The van der Waals surface area contributed by atoms with Crippen LogP contribution < -0.4 is 14.5 Å². The summed E-state index contributed by atoms with van der Waals surface area (Å²) < 4.78 is 33.2. The van der Waals surface area contributed by atoms with Crippen LogP contribution >= 0.6 is 0 Å². The van der Waals surface area contributed by atoms with Crippen molar-refractivity contribution in [1.82, 2.24) is 19.4 Å². The number of nitro groups is 1. The predicted octanol–water partition coefficient (Wildman–Crippen LogP) is 5.03. The van der Waals surface area contributed by atoms with Crippen molar-refractivity contribution in [1.29, 1.82) is 0 Å². The first-order valence-corrected chi connectivity index (χ1v) is 12.3. The molecule has 210 valence electrons. The van der Waals surface area contributed by atoms with Crippen molar-refractivity contribution in [2.75, 3.05) is 51.1 Å². The molecule has 13 heteroatoms. The molecule has 0 atom stereocenters. The quantitative estimate of drug-likeness (QED) is 0.197. The van der Waals surface area contributed by atoms with Crippen LogP contribution in [0.25, 0.3) is 22.2 Å². The number of benzene rings is 2. The number of anilines is 3. The lowest BCUT2D eigenvalue weighted by molar-refractivity contribution is -0.384. The molecule has 0 amide bonds. The first-order valence-electron chi connectivity index (χ1n) is 12.3. The van der Waals surface area contributed by atoms with Gasteiger partial charge in [-0.05, 0) is 26.2 Å². The molecule has 11 nitrogen and oxygen atoms in total. The predicted molar refractivity (Wildman–Crippen MR) is 149 cm³/mol. The number of hydrogen-bond donors (Lipinski definition) is 0. The van der Waals surface area contributed by atoms with Crippen LogP contribution in [-0.2, 0) is 0 Å². The molecule has 0 N–H and O–H groups in total. The Morgan fingerprint density at radius 3 is 2.48 bits per heavy atom. The van der Waals surface area contributed by atoms with Gasteiger partial charge in [0.05, 0.1) is 21.8 Å². The van der Waals surface area contributed by atoms with E-state index in [-0.39, 0.29) is 34.7 Å². The Hall–Kier alpha value is -4.65.